The first-order valence-electron chi connectivity index (χ1n) is 11.0. The minimum absolute atomic E-state index is 0.150. The number of benzene rings is 2. The summed E-state index contributed by atoms with van der Waals surface area (Å²) in [6.45, 7) is 10.1. The molecule has 1 aliphatic heterocycles. The summed E-state index contributed by atoms with van der Waals surface area (Å²) in [6.07, 6.45) is 0.363. The van der Waals surface area contributed by atoms with Crippen molar-refractivity contribution >= 4 is 11.6 Å². The molecule has 31 heavy (non-hydrogen) atoms. The molecule has 0 amide bonds. The number of hydrogen-bond donors (Lipinski definition) is 1. The lowest BCUT2D eigenvalue weighted by atomic mass is 9.78. The summed E-state index contributed by atoms with van der Waals surface area (Å²) in [6, 6.07) is 16.4. The number of aliphatic hydroxyl groups is 1. The number of ether oxygens (including phenoxy) is 3. The fraction of sp³-hybridized carbons (Fsp3) is 0.520. The number of rotatable bonds is 11. The second-order valence-electron chi connectivity index (χ2n) is 8.45. The summed E-state index contributed by atoms with van der Waals surface area (Å²) in [5.74, 6) is 1.80. The normalized spacial score (nSPS) is 16.1. The first-order chi connectivity index (χ1) is 15.0. The molecule has 5 nitrogen and oxygen atoms in total. The second kappa shape index (κ2) is 11.7. The molecule has 1 unspecified atom stereocenters. The van der Waals surface area contributed by atoms with E-state index in [1.807, 2.05) is 12.1 Å². The van der Waals surface area contributed by atoms with Crippen LogP contribution in [0.4, 0.5) is 0 Å². The quantitative estimate of drug-likeness (QED) is 0.415. The molecule has 0 radical (unpaired) electrons. The van der Waals surface area contributed by atoms with Gasteiger partial charge in [0.1, 0.15) is 24.2 Å². The summed E-state index contributed by atoms with van der Waals surface area (Å²) in [7, 11) is 0. The highest BCUT2D eigenvalue weighted by Crippen LogP contribution is 2.33. The van der Waals surface area contributed by atoms with Crippen LogP contribution in [0.15, 0.2) is 48.5 Å². The van der Waals surface area contributed by atoms with E-state index in [-0.39, 0.29) is 17.9 Å². The first kappa shape index (κ1) is 23.9. The van der Waals surface area contributed by atoms with Crippen LogP contribution in [0.2, 0.25) is 0 Å². The lowest BCUT2D eigenvalue weighted by Crippen LogP contribution is -2.37. The van der Waals surface area contributed by atoms with Crippen molar-refractivity contribution in [3.8, 4) is 11.5 Å². The molecule has 3 rings (SSSR count). The van der Waals surface area contributed by atoms with Crippen molar-refractivity contribution in [2.24, 2.45) is 0 Å². The number of alkyl halides is 1. The zero-order chi connectivity index (χ0) is 22.1. The van der Waals surface area contributed by atoms with Crippen LogP contribution < -0.4 is 9.47 Å². The molecule has 2 aromatic rings. The summed E-state index contributed by atoms with van der Waals surface area (Å²) < 4.78 is 16.9. The Bertz CT molecular complexity index is 773. The van der Waals surface area contributed by atoms with Crippen LogP contribution in [-0.4, -0.2) is 68.1 Å². The van der Waals surface area contributed by atoms with E-state index in [4.69, 9.17) is 25.8 Å². The predicted octanol–water partition coefficient (Wildman–Crippen LogP) is 4.09. The van der Waals surface area contributed by atoms with Gasteiger partial charge < -0.3 is 19.3 Å². The van der Waals surface area contributed by atoms with Gasteiger partial charge in [0.15, 0.2) is 0 Å². The Hall–Kier alpha value is -1.79. The molecule has 0 aromatic heterocycles. The number of hydrogen-bond acceptors (Lipinski definition) is 5. The minimum Gasteiger partial charge on any atom is -0.494 e. The van der Waals surface area contributed by atoms with E-state index < -0.39 is 6.10 Å². The summed E-state index contributed by atoms with van der Waals surface area (Å²) in [4.78, 5) is 2.43. The number of halogens is 1. The van der Waals surface area contributed by atoms with Crippen molar-refractivity contribution in [1.29, 1.82) is 0 Å². The third kappa shape index (κ3) is 7.11. The third-order valence-electron chi connectivity index (χ3n) is 5.76. The third-order valence-corrected chi connectivity index (χ3v) is 6.12. The molecule has 1 N–H and O–H groups in total. The smallest absolute Gasteiger partial charge is 0.119 e. The van der Waals surface area contributed by atoms with Gasteiger partial charge in [0, 0.05) is 25.0 Å². The average Bonchev–Trinajstić information content (AvgIpc) is 2.81. The van der Waals surface area contributed by atoms with E-state index in [2.05, 4.69) is 55.1 Å². The van der Waals surface area contributed by atoms with Gasteiger partial charge in [-0.15, -0.1) is 11.6 Å². The standard InChI is InChI=1S/C25H34ClNO4/c1-25(2,21-6-10-24(11-7-21)31-19-22(28)18-26)20-4-8-23(9-5-20)30-15-3-12-27-13-16-29-17-14-27/h4-11,22,28H,3,12-19H2,1-2H3. The molecule has 0 bridgehead atoms. The van der Waals surface area contributed by atoms with Gasteiger partial charge in [0.25, 0.3) is 0 Å². The maximum atomic E-state index is 9.53. The lowest BCUT2D eigenvalue weighted by molar-refractivity contribution is 0.0358. The summed E-state index contributed by atoms with van der Waals surface area (Å²) in [5.41, 5.74) is 2.26. The molecule has 0 aliphatic carbocycles. The Kier molecular flexibility index (Phi) is 9.02. The highest BCUT2D eigenvalue weighted by atomic mass is 35.5. The highest BCUT2D eigenvalue weighted by Gasteiger charge is 2.23. The maximum absolute atomic E-state index is 9.53. The Morgan fingerprint density at radius 1 is 0.968 bits per heavy atom. The van der Waals surface area contributed by atoms with Crippen molar-refractivity contribution in [1.82, 2.24) is 4.90 Å². The van der Waals surface area contributed by atoms with Crippen molar-refractivity contribution in [3.05, 3.63) is 59.7 Å². The maximum Gasteiger partial charge on any atom is 0.119 e. The molecule has 0 saturated carbocycles. The fourth-order valence-corrected chi connectivity index (χ4v) is 3.73. The number of nitrogens with zero attached hydrogens (tertiary/aromatic N) is 1. The Labute approximate surface area is 190 Å². The number of aliphatic hydroxyl groups excluding tert-OH is 1. The van der Waals surface area contributed by atoms with Gasteiger partial charge in [-0.3, -0.25) is 4.90 Å². The van der Waals surface area contributed by atoms with E-state index >= 15 is 0 Å². The highest BCUT2D eigenvalue weighted by molar-refractivity contribution is 6.18. The Morgan fingerprint density at radius 2 is 1.52 bits per heavy atom. The predicted molar refractivity (Wildman–Crippen MR) is 125 cm³/mol. The van der Waals surface area contributed by atoms with E-state index in [1.165, 1.54) is 11.1 Å². The van der Waals surface area contributed by atoms with Gasteiger partial charge in [-0.1, -0.05) is 38.1 Å². The average molecular weight is 448 g/mol. The van der Waals surface area contributed by atoms with Crippen LogP contribution in [0.1, 0.15) is 31.4 Å². The van der Waals surface area contributed by atoms with E-state index in [9.17, 15) is 5.11 Å². The Balaban J connectivity index is 1.50. The van der Waals surface area contributed by atoms with E-state index in [0.29, 0.717) is 0 Å². The van der Waals surface area contributed by atoms with E-state index in [0.717, 1.165) is 57.4 Å². The van der Waals surface area contributed by atoms with Crippen LogP contribution in [-0.2, 0) is 10.2 Å². The Morgan fingerprint density at radius 3 is 2.06 bits per heavy atom. The van der Waals surface area contributed by atoms with Gasteiger partial charge in [-0.25, -0.2) is 0 Å². The molecule has 0 spiro atoms. The van der Waals surface area contributed by atoms with Crippen LogP contribution in [0.5, 0.6) is 11.5 Å². The zero-order valence-electron chi connectivity index (χ0n) is 18.6. The molecule has 6 heteroatoms. The first-order valence-corrected chi connectivity index (χ1v) is 11.5. The monoisotopic (exact) mass is 447 g/mol. The summed E-state index contributed by atoms with van der Waals surface area (Å²) >= 11 is 5.60. The van der Waals surface area contributed by atoms with E-state index in [1.54, 1.807) is 0 Å². The molecular weight excluding hydrogens is 414 g/mol. The molecule has 2 aromatic carbocycles. The van der Waals surface area contributed by atoms with Crippen molar-refractivity contribution in [3.63, 3.8) is 0 Å². The molecular formula is C25H34ClNO4. The molecule has 1 heterocycles. The van der Waals surface area contributed by atoms with Crippen molar-refractivity contribution < 1.29 is 19.3 Å². The SMILES string of the molecule is CC(C)(c1ccc(OCCCN2CCOCC2)cc1)c1ccc(OCC(O)CCl)cc1. The minimum atomic E-state index is -0.655. The molecule has 1 atom stereocenters. The lowest BCUT2D eigenvalue weighted by Gasteiger charge is -2.27. The van der Waals surface area contributed by atoms with Crippen LogP contribution in [0.3, 0.4) is 0 Å². The van der Waals surface area contributed by atoms with Crippen LogP contribution in [0, 0.1) is 0 Å². The van der Waals surface area contributed by atoms with Gasteiger partial charge in [-0.05, 0) is 41.8 Å². The van der Waals surface area contributed by atoms with Gasteiger partial charge >= 0.3 is 0 Å². The van der Waals surface area contributed by atoms with Crippen LogP contribution >= 0.6 is 11.6 Å². The number of morpholine rings is 1. The molecule has 1 fully saturated rings. The summed E-state index contributed by atoms with van der Waals surface area (Å²) in [5, 5.41) is 9.53. The molecule has 170 valence electrons. The molecule has 1 saturated heterocycles. The largest absolute Gasteiger partial charge is 0.494 e. The van der Waals surface area contributed by atoms with Crippen molar-refractivity contribution in [2.45, 2.75) is 31.8 Å². The second-order valence-corrected chi connectivity index (χ2v) is 8.76. The topological polar surface area (TPSA) is 51.2 Å². The zero-order valence-corrected chi connectivity index (χ0v) is 19.3. The fourth-order valence-electron chi connectivity index (χ4n) is 3.64. The van der Waals surface area contributed by atoms with Gasteiger partial charge in [-0.2, -0.15) is 0 Å². The van der Waals surface area contributed by atoms with Crippen molar-refractivity contribution in [2.75, 3.05) is 51.9 Å². The van der Waals surface area contributed by atoms with Crippen LogP contribution in [0.25, 0.3) is 0 Å². The molecule has 1 aliphatic rings. The van der Waals surface area contributed by atoms with Gasteiger partial charge in [0.05, 0.1) is 25.7 Å². The van der Waals surface area contributed by atoms with Gasteiger partial charge in [0.2, 0.25) is 0 Å².